The number of nitrogens with one attached hydrogen (secondary N) is 1. The lowest BCUT2D eigenvalue weighted by Gasteiger charge is -2.14. The van der Waals surface area contributed by atoms with Gasteiger partial charge in [-0.15, -0.1) is 0 Å². The van der Waals surface area contributed by atoms with E-state index in [2.05, 4.69) is 10.4 Å². The van der Waals surface area contributed by atoms with Gasteiger partial charge in [-0.1, -0.05) is 30.3 Å². The summed E-state index contributed by atoms with van der Waals surface area (Å²) in [6.45, 7) is 2.33. The standard InChI is InChI=1S/C20H21N3O3/c1-15(16-7-3-2-4-8-16)21-19(24)10-5-13-23-20(25)12-11-17(22-23)18-9-6-14-26-18/h2-4,6-9,11-12,14-15H,5,10,13H2,1H3,(H,21,24). The number of hydrogen-bond acceptors (Lipinski definition) is 4. The summed E-state index contributed by atoms with van der Waals surface area (Å²) < 4.78 is 6.67. The molecule has 3 rings (SSSR count). The summed E-state index contributed by atoms with van der Waals surface area (Å²) in [5, 5.41) is 7.27. The molecule has 0 fully saturated rings. The molecule has 1 unspecified atom stereocenters. The fraction of sp³-hybridized carbons (Fsp3) is 0.250. The van der Waals surface area contributed by atoms with Gasteiger partial charge >= 0.3 is 0 Å². The Morgan fingerprint density at radius 3 is 2.69 bits per heavy atom. The lowest BCUT2D eigenvalue weighted by Crippen LogP contribution is -2.27. The third kappa shape index (κ3) is 4.47. The largest absolute Gasteiger partial charge is 0.463 e. The van der Waals surface area contributed by atoms with Crippen LogP contribution in [-0.4, -0.2) is 15.7 Å². The third-order valence-electron chi connectivity index (χ3n) is 4.09. The van der Waals surface area contributed by atoms with Crippen LogP contribution in [0.4, 0.5) is 0 Å². The van der Waals surface area contributed by atoms with Crippen molar-refractivity contribution in [1.82, 2.24) is 15.1 Å². The van der Waals surface area contributed by atoms with E-state index in [1.807, 2.05) is 37.3 Å². The lowest BCUT2D eigenvalue weighted by atomic mass is 10.1. The Morgan fingerprint density at radius 2 is 1.96 bits per heavy atom. The fourth-order valence-electron chi connectivity index (χ4n) is 2.69. The first-order valence-electron chi connectivity index (χ1n) is 8.60. The van der Waals surface area contributed by atoms with E-state index in [4.69, 9.17) is 4.42 Å². The van der Waals surface area contributed by atoms with Crippen LogP contribution in [0.15, 0.2) is 70.1 Å². The molecule has 0 aliphatic rings. The first-order chi connectivity index (χ1) is 12.6. The normalized spacial score (nSPS) is 11.9. The maximum atomic E-state index is 12.1. The third-order valence-corrected chi connectivity index (χ3v) is 4.09. The van der Waals surface area contributed by atoms with E-state index < -0.39 is 0 Å². The number of benzene rings is 1. The van der Waals surface area contributed by atoms with E-state index in [9.17, 15) is 9.59 Å². The second-order valence-electron chi connectivity index (χ2n) is 6.06. The Balaban J connectivity index is 1.54. The minimum Gasteiger partial charge on any atom is -0.463 e. The van der Waals surface area contributed by atoms with Crippen LogP contribution in [0.1, 0.15) is 31.4 Å². The summed E-state index contributed by atoms with van der Waals surface area (Å²) in [7, 11) is 0. The van der Waals surface area contributed by atoms with Crippen LogP contribution >= 0.6 is 0 Å². The molecule has 26 heavy (non-hydrogen) atoms. The van der Waals surface area contributed by atoms with E-state index in [-0.39, 0.29) is 17.5 Å². The van der Waals surface area contributed by atoms with Crippen molar-refractivity contribution in [1.29, 1.82) is 0 Å². The fourth-order valence-corrected chi connectivity index (χ4v) is 2.69. The molecule has 0 bridgehead atoms. The number of carbonyl (C=O) groups excluding carboxylic acids is 1. The van der Waals surface area contributed by atoms with E-state index >= 15 is 0 Å². The monoisotopic (exact) mass is 351 g/mol. The van der Waals surface area contributed by atoms with Gasteiger partial charge in [0.1, 0.15) is 5.69 Å². The van der Waals surface area contributed by atoms with Gasteiger partial charge in [-0.2, -0.15) is 5.10 Å². The first-order valence-corrected chi connectivity index (χ1v) is 8.60. The van der Waals surface area contributed by atoms with Crippen molar-refractivity contribution in [3.63, 3.8) is 0 Å². The minimum atomic E-state index is -0.196. The molecule has 6 nitrogen and oxygen atoms in total. The lowest BCUT2D eigenvalue weighted by molar-refractivity contribution is -0.121. The zero-order chi connectivity index (χ0) is 18.4. The maximum absolute atomic E-state index is 12.1. The molecule has 2 heterocycles. The average Bonchev–Trinajstić information content (AvgIpc) is 3.18. The number of hydrogen-bond donors (Lipinski definition) is 1. The molecule has 3 aromatic rings. The Bertz CT molecular complexity index is 902. The number of carbonyl (C=O) groups is 1. The number of aryl methyl sites for hydroxylation is 1. The molecule has 0 aliphatic heterocycles. The second kappa shape index (κ2) is 8.29. The second-order valence-corrected chi connectivity index (χ2v) is 6.06. The van der Waals surface area contributed by atoms with Crippen molar-refractivity contribution < 1.29 is 9.21 Å². The highest BCUT2D eigenvalue weighted by Gasteiger charge is 2.10. The van der Waals surface area contributed by atoms with Gasteiger partial charge in [0.05, 0.1) is 12.3 Å². The molecule has 1 aromatic carbocycles. The predicted molar refractivity (Wildman–Crippen MR) is 98.4 cm³/mol. The summed E-state index contributed by atoms with van der Waals surface area (Å²) in [6, 6.07) is 16.4. The predicted octanol–water partition coefficient (Wildman–Crippen LogP) is 3.16. The SMILES string of the molecule is CC(NC(=O)CCCn1nc(-c2ccco2)ccc1=O)c1ccccc1. The molecule has 1 amide bonds. The van der Waals surface area contributed by atoms with Crippen LogP contribution < -0.4 is 10.9 Å². The molecule has 2 aromatic heterocycles. The van der Waals surface area contributed by atoms with Crippen LogP contribution in [0.25, 0.3) is 11.5 Å². The van der Waals surface area contributed by atoms with E-state index in [1.54, 1.807) is 24.5 Å². The Hall–Kier alpha value is -3.15. The van der Waals surface area contributed by atoms with E-state index in [1.165, 1.54) is 10.7 Å². The number of nitrogens with zero attached hydrogens (tertiary/aromatic N) is 2. The molecule has 134 valence electrons. The van der Waals surface area contributed by atoms with Crippen LogP contribution in [0.2, 0.25) is 0 Å². The molecule has 1 atom stereocenters. The molecule has 0 saturated heterocycles. The molecule has 0 spiro atoms. The van der Waals surface area contributed by atoms with Crippen molar-refractivity contribution in [2.24, 2.45) is 0 Å². The summed E-state index contributed by atoms with van der Waals surface area (Å²) in [4.78, 5) is 24.1. The summed E-state index contributed by atoms with van der Waals surface area (Å²) in [6.07, 6.45) is 2.42. The van der Waals surface area contributed by atoms with Crippen LogP contribution in [-0.2, 0) is 11.3 Å². The number of rotatable bonds is 7. The number of aromatic nitrogens is 2. The van der Waals surface area contributed by atoms with Gasteiger partial charge in [0.2, 0.25) is 5.91 Å². The molecule has 0 radical (unpaired) electrons. The van der Waals surface area contributed by atoms with Crippen LogP contribution in [0.5, 0.6) is 0 Å². The maximum Gasteiger partial charge on any atom is 0.266 e. The van der Waals surface area contributed by atoms with Crippen LogP contribution in [0, 0.1) is 0 Å². The topological polar surface area (TPSA) is 77.1 Å². The quantitative estimate of drug-likeness (QED) is 0.709. The highest BCUT2D eigenvalue weighted by molar-refractivity contribution is 5.76. The minimum absolute atomic E-state index is 0.0448. The first kappa shape index (κ1) is 17.7. The van der Waals surface area contributed by atoms with E-state index in [0.29, 0.717) is 30.8 Å². The highest BCUT2D eigenvalue weighted by atomic mass is 16.3. The highest BCUT2D eigenvalue weighted by Crippen LogP contribution is 2.15. The Morgan fingerprint density at radius 1 is 1.15 bits per heavy atom. The van der Waals surface area contributed by atoms with Gasteiger partial charge in [-0.3, -0.25) is 9.59 Å². The van der Waals surface area contributed by atoms with Crippen molar-refractivity contribution in [3.8, 4) is 11.5 Å². The Kier molecular flexibility index (Phi) is 5.63. The molecule has 1 N–H and O–H groups in total. The molecule has 0 aliphatic carbocycles. The van der Waals surface area contributed by atoms with Crippen molar-refractivity contribution in [3.05, 3.63) is 76.8 Å². The van der Waals surface area contributed by atoms with Gasteiger partial charge in [0, 0.05) is 19.0 Å². The van der Waals surface area contributed by atoms with Gasteiger partial charge in [0.15, 0.2) is 5.76 Å². The number of amides is 1. The summed E-state index contributed by atoms with van der Waals surface area (Å²) in [5.41, 5.74) is 1.46. The molecule has 6 heteroatoms. The molecule has 0 saturated carbocycles. The Labute approximate surface area is 151 Å². The molecular formula is C20H21N3O3. The summed E-state index contributed by atoms with van der Waals surface area (Å²) >= 11 is 0. The number of furan rings is 1. The van der Waals surface area contributed by atoms with Gasteiger partial charge < -0.3 is 9.73 Å². The smallest absolute Gasteiger partial charge is 0.266 e. The van der Waals surface area contributed by atoms with Gasteiger partial charge in [-0.05, 0) is 37.1 Å². The van der Waals surface area contributed by atoms with Gasteiger partial charge in [0.25, 0.3) is 5.56 Å². The molecular weight excluding hydrogens is 330 g/mol. The zero-order valence-electron chi connectivity index (χ0n) is 14.6. The van der Waals surface area contributed by atoms with Gasteiger partial charge in [-0.25, -0.2) is 4.68 Å². The van der Waals surface area contributed by atoms with E-state index in [0.717, 1.165) is 5.56 Å². The summed E-state index contributed by atoms with van der Waals surface area (Å²) in [5.74, 6) is 0.560. The zero-order valence-corrected chi connectivity index (χ0v) is 14.6. The van der Waals surface area contributed by atoms with Crippen molar-refractivity contribution >= 4 is 5.91 Å². The van der Waals surface area contributed by atoms with Crippen molar-refractivity contribution in [2.45, 2.75) is 32.4 Å². The average molecular weight is 351 g/mol. The van der Waals surface area contributed by atoms with Crippen molar-refractivity contribution in [2.75, 3.05) is 0 Å². The van der Waals surface area contributed by atoms with Crippen LogP contribution in [0.3, 0.4) is 0 Å².